The van der Waals surface area contributed by atoms with Gasteiger partial charge in [0.15, 0.2) is 0 Å². The lowest BCUT2D eigenvalue weighted by Crippen LogP contribution is -1.99. The molecule has 15 heavy (non-hydrogen) atoms. The summed E-state index contributed by atoms with van der Waals surface area (Å²) in [7, 11) is 0. The average molecular weight is 206 g/mol. The van der Waals surface area contributed by atoms with Crippen LogP contribution in [0.1, 0.15) is 18.2 Å². The number of esters is 1. The van der Waals surface area contributed by atoms with Crippen LogP contribution in [-0.2, 0) is 9.53 Å². The molecule has 0 atom stereocenters. The van der Waals surface area contributed by atoms with Crippen LogP contribution in [0.25, 0.3) is 6.08 Å². The van der Waals surface area contributed by atoms with Crippen LogP contribution in [-0.4, -0.2) is 17.6 Å². The first-order valence-corrected chi connectivity index (χ1v) is 4.70. The molecule has 0 amide bonds. The van der Waals surface area contributed by atoms with Crippen molar-refractivity contribution in [2.24, 2.45) is 0 Å². The third-order valence-corrected chi connectivity index (χ3v) is 1.79. The highest BCUT2D eigenvalue weighted by molar-refractivity contribution is 5.88. The van der Waals surface area contributed by atoms with Crippen molar-refractivity contribution >= 4 is 17.7 Å². The Morgan fingerprint density at radius 1 is 1.67 bits per heavy atom. The van der Waals surface area contributed by atoms with E-state index in [1.165, 1.54) is 6.08 Å². The summed E-state index contributed by atoms with van der Waals surface area (Å²) in [4.78, 5) is 15.1. The highest BCUT2D eigenvalue weighted by atomic mass is 16.5. The van der Waals surface area contributed by atoms with E-state index in [4.69, 9.17) is 10.5 Å². The maximum atomic E-state index is 11.0. The molecular weight excluding hydrogens is 192 g/mol. The molecule has 1 rings (SSSR count). The highest BCUT2D eigenvalue weighted by Gasteiger charge is 1.98. The van der Waals surface area contributed by atoms with E-state index in [0.717, 1.165) is 5.69 Å². The van der Waals surface area contributed by atoms with Crippen molar-refractivity contribution in [3.63, 3.8) is 0 Å². The van der Waals surface area contributed by atoms with Crippen LogP contribution in [0.15, 0.2) is 18.3 Å². The Labute approximate surface area is 88.8 Å². The van der Waals surface area contributed by atoms with Gasteiger partial charge in [-0.1, -0.05) is 0 Å². The summed E-state index contributed by atoms with van der Waals surface area (Å²) < 4.78 is 4.74. The van der Waals surface area contributed by atoms with Crippen molar-refractivity contribution in [1.82, 2.24) is 4.98 Å². The van der Waals surface area contributed by atoms with E-state index in [1.54, 1.807) is 25.3 Å². The zero-order valence-electron chi connectivity index (χ0n) is 8.86. The molecule has 0 aliphatic carbocycles. The summed E-state index contributed by atoms with van der Waals surface area (Å²) in [5.41, 5.74) is 7.90. The van der Waals surface area contributed by atoms with Crippen LogP contribution < -0.4 is 5.73 Å². The second-order valence-corrected chi connectivity index (χ2v) is 3.04. The van der Waals surface area contributed by atoms with Gasteiger partial charge < -0.3 is 10.5 Å². The van der Waals surface area contributed by atoms with Gasteiger partial charge in [0.25, 0.3) is 0 Å². The van der Waals surface area contributed by atoms with Gasteiger partial charge in [0.05, 0.1) is 6.61 Å². The minimum Gasteiger partial charge on any atom is -0.463 e. The molecule has 0 radical (unpaired) electrons. The minimum absolute atomic E-state index is 0.366. The fourth-order valence-corrected chi connectivity index (χ4v) is 1.08. The smallest absolute Gasteiger partial charge is 0.330 e. The van der Waals surface area contributed by atoms with Gasteiger partial charge in [0, 0.05) is 29.2 Å². The molecule has 1 aromatic heterocycles. The Morgan fingerprint density at radius 3 is 3.00 bits per heavy atom. The van der Waals surface area contributed by atoms with Gasteiger partial charge in [-0.2, -0.15) is 0 Å². The Bertz CT molecular complexity index is 386. The van der Waals surface area contributed by atoms with E-state index in [1.807, 2.05) is 6.92 Å². The lowest BCUT2D eigenvalue weighted by Gasteiger charge is -2.00. The molecule has 4 nitrogen and oxygen atoms in total. The zero-order chi connectivity index (χ0) is 11.3. The molecule has 0 aromatic carbocycles. The number of pyridine rings is 1. The molecule has 0 saturated heterocycles. The molecule has 2 N–H and O–H groups in total. The number of nitrogens with zero attached hydrogens (tertiary/aromatic N) is 1. The Balaban J connectivity index is 2.76. The van der Waals surface area contributed by atoms with Crippen LogP contribution in [0.5, 0.6) is 0 Å². The number of carbonyl (C=O) groups excluding carboxylic acids is 1. The summed E-state index contributed by atoms with van der Waals surface area (Å²) in [6, 6.07) is 1.75. The first kappa shape index (κ1) is 11.2. The molecule has 4 heteroatoms. The van der Waals surface area contributed by atoms with E-state index in [2.05, 4.69) is 4.98 Å². The first-order chi connectivity index (χ1) is 7.13. The fourth-order valence-electron chi connectivity index (χ4n) is 1.08. The van der Waals surface area contributed by atoms with Crippen LogP contribution in [0.2, 0.25) is 0 Å². The van der Waals surface area contributed by atoms with Crippen molar-refractivity contribution < 1.29 is 9.53 Å². The van der Waals surface area contributed by atoms with E-state index < -0.39 is 0 Å². The maximum Gasteiger partial charge on any atom is 0.330 e. The van der Waals surface area contributed by atoms with Gasteiger partial charge in [0.1, 0.15) is 0 Å². The Kier molecular flexibility index (Phi) is 3.85. The number of ether oxygens (including phenoxy) is 1. The number of hydrogen-bond donors (Lipinski definition) is 1. The van der Waals surface area contributed by atoms with Crippen molar-refractivity contribution in [2.75, 3.05) is 12.3 Å². The summed E-state index contributed by atoms with van der Waals surface area (Å²) >= 11 is 0. The molecule has 0 bridgehead atoms. The van der Waals surface area contributed by atoms with Gasteiger partial charge >= 0.3 is 5.97 Å². The number of rotatable bonds is 3. The molecule has 0 aliphatic heterocycles. The van der Waals surface area contributed by atoms with Crippen molar-refractivity contribution in [3.05, 3.63) is 29.6 Å². The summed E-state index contributed by atoms with van der Waals surface area (Å²) in [6.45, 7) is 3.98. The van der Waals surface area contributed by atoms with Crippen LogP contribution in [0, 0.1) is 6.92 Å². The first-order valence-electron chi connectivity index (χ1n) is 4.70. The third-order valence-electron chi connectivity index (χ3n) is 1.79. The number of nitrogen functional groups attached to an aromatic ring is 1. The second kappa shape index (κ2) is 5.14. The topological polar surface area (TPSA) is 65.2 Å². The van der Waals surface area contributed by atoms with Crippen LogP contribution in [0.4, 0.5) is 5.69 Å². The average Bonchev–Trinajstić information content (AvgIpc) is 2.17. The van der Waals surface area contributed by atoms with Gasteiger partial charge in [-0.15, -0.1) is 0 Å². The van der Waals surface area contributed by atoms with Gasteiger partial charge in [-0.25, -0.2) is 4.79 Å². The third kappa shape index (κ3) is 3.42. The number of aryl methyl sites for hydroxylation is 1. The summed E-state index contributed by atoms with van der Waals surface area (Å²) in [5, 5.41) is 0. The van der Waals surface area contributed by atoms with E-state index in [0.29, 0.717) is 17.9 Å². The molecule has 80 valence electrons. The van der Waals surface area contributed by atoms with Gasteiger partial charge in [0.2, 0.25) is 0 Å². The normalized spacial score (nSPS) is 10.5. The second-order valence-electron chi connectivity index (χ2n) is 3.04. The molecule has 0 aliphatic rings. The lowest BCUT2D eigenvalue weighted by molar-refractivity contribution is -0.137. The minimum atomic E-state index is -0.377. The molecular formula is C11H14N2O2. The lowest BCUT2D eigenvalue weighted by atomic mass is 10.2. The number of anilines is 1. The monoisotopic (exact) mass is 206 g/mol. The number of hydrogen-bond acceptors (Lipinski definition) is 4. The summed E-state index contributed by atoms with van der Waals surface area (Å²) in [5.74, 6) is -0.377. The largest absolute Gasteiger partial charge is 0.463 e. The molecule has 0 unspecified atom stereocenters. The van der Waals surface area contributed by atoms with E-state index in [9.17, 15) is 4.79 Å². The highest BCUT2D eigenvalue weighted by Crippen LogP contribution is 2.12. The Morgan fingerprint density at radius 2 is 2.40 bits per heavy atom. The maximum absolute atomic E-state index is 11.0. The number of nitrogens with two attached hydrogens (primary N) is 1. The number of aromatic nitrogens is 1. The summed E-state index contributed by atoms with van der Waals surface area (Å²) in [6.07, 6.45) is 4.56. The zero-order valence-corrected chi connectivity index (χ0v) is 8.86. The van der Waals surface area contributed by atoms with Crippen LogP contribution >= 0.6 is 0 Å². The molecule has 0 fully saturated rings. The van der Waals surface area contributed by atoms with E-state index in [-0.39, 0.29) is 5.97 Å². The van der Waals surface area contributed by atoms with Gasteiger partial charge in [-0.3, -0.25) is 4.98 Å². The van der Waals surface area contributed by atoms with Crippen molar-refractivity contribution in [3.8, 4) is 0 Å². The predicted molar refractivity (Wildman–Crippen MR) is 59.1 cm³/mol. The predicted octanol–water partition coefficient (Wildman–Crippen LogP) is 1.55. The molecule has 0 saturated carbocycles. The van der Waals surface area contributed by atoms with Gasteiger partial charge in [-0.05, 0) is 26.0 Å². The van der Waals surface area contributed by atoms with E-state index >= 15 is 0 Å². The van der Waals surface area contributed by atoms with Crippen molar-refractivity contribution in [2.45, 2.75) is 13.8 Å². The fraction of sp³-hybridized carbons (Fsp3) is 0.273. The SMILES string of the molecule is CCOC(=O)/C=C/c1cnc(C)cc1N. The standard InChI is InChI=1S/C11H14N2O2/c1-3-15-11(14)5-4-9-7-13-8(2)6-10(9)12/h4-7H,3H2,1-2H3,(H2,12,13)/b5-4+. The van der Waals surface area contributed by atoms with Crippen molar-refractivity contribution in [1.29, 1.82) is 0 Å². The molecule has 0 spiro atoms. The number of carbonyl (C=O) groups is 1. The quantitative estimate of drug-likeness (QED) is 0.602. The molecule has 1 aromatic rings. The van der Waals surface area contributed by atoms with Crippen LogP contribution in [0.3, 0.4) is 0 Å². The molecule has 1 heterocycles. The Hall–Kier alpha value is -1.84.